The van der Waals surface area contributed by atoms with Crippen LogP contribution in [-0.2, 0) is 0 Å². The highest BCUT2D eigenvalue weighted by molar-refractivity contribution is 6.12. The van der Waals surface area contributed by atoms with Crippen LogP contribution in [0, 0.1) is 0 Å². The third-order valence-electron chi connectivity index (χ3n) is 3.51. The summed E-state index contributed by atoms with van der Waals surface area (Å²) in [5, 5.41) is 10.6. The van der Waals surface area contributed by atoms with Gasteiger partial charge in [0.15, 0.2) is 0 Å². The Morgan fingerprint density at radius 1 is 1.25 bits per heavy atom. The topological polar surface area (TPSA) is 121 Å². The molecule has 0 saturated carbocycles. The summed E-state index contributed by atoms with van der Waals surface area (Å²) in [5.41, 5.74) is 1.54. The van der Waals surface area contributed by atoms with Crippen LogP contribution in [0.3, 0.4) is 0 Å². The van der Waals surface area contributed by atoms with Crippen molar-refractivity contribution >= 4 is 22.6 Å². The van der Waals surface area contributed by atoms with Crippen molar-refractivity contribution in [2.24, 2.45) is 0 Å². The maximum absolute atomic E-state index is 12.5. The maximum Gasteiger partial charge on any atom is 0.261 e. The molecule has 9 nitrogen and oxygen atoms in total. The molecule has 0 saturated heterocycles. The smallest absolute Gasteiger partial charge is 0.261 e. The van der Waals surface area contributed by atoms with Crippen LogP contribution in [0.5, 0.6) is 0 Å². The average molecular weight is 321 g/mol. The minimum absolute atomic E-state index is 0.224. The number of anilines is 1. The molecule has 0 unspecified atom stereocenters. The maximum atomic E-state index is 12.5. The number of aromatic amines is 2. The number of fused-ring (bicyclic) bond motifs is 1. The zero-order valence-corrected chi connectivity index (χ0v) is 12.2. The summed E-state index contributed by atoms with van der Waals surface area (Å²) < 4.78 is 1.58. The van der Waals surface area contributed by atoms with Crippen LogP contribution >= 0.6 is 0 Å². The Balaban J connectivity index is 1.67. The van der Waals surface area contributed by atoms with E-state index in [0.29, 0.717) is 11.3 Å². The van der Waals surface area contributed by atoms with E-state index in [9.17, 15) is 9.59 Å². The van der Waals surface area contributed by atoms with E-state index in [2.05, 4.69) is 30.6 Å². The fourth-order valence-electron chi connectivity index (χ4n) is 2.42. The molecule has 1 amide bonds. The van der Waals surface area contributed by atoms with Crippen molar-refractivity contribution in [1.29, 1.82) is 0 Å². The van der Waals surface area contributed by atoms with Gasteiger partial charge in [-0.15, -0.1) is 5.10 Å². The van der Waals surface area contributed by atoms with Crippen molar-refractivity contribution in [3.8, 4) is 5.69 Å². The average Bonchev–Trinajstić information content (AvgIpc) is 3.25. The standard InChI is InChI=1S/C15H11N7O2/c23-14(11-7-16-13-12(11)15(24)18-8-17-13)20-9-2-1-3-10(6-9)22-5-4-19-21-22/h1-8H,(H,20,23)(H2,16,17,18,24). The first kappa shape index (κ1) is 13.9. The molecule has 118 valence electrons. The third kappa shape index (κ3) is 2.33. The van der Waals surface area contributed by atoms with Gasteiger partial charge in [-0.1, -0.05) is 11.3 Å². The molecule has 0 aliphatic heterocycles. The number of amides is 1. The molecule has 0 bridgehead atoms. The molecule has 9 heteroatoms. The predicted octanol–water partition coefficient (Wildman–Crippen LogP) is 1.08. The van der Waals surface area contributed by atoms with E-state index < -0.39 is 5.91 Å². The number of hydrogen-bond acceptors (Lipinski definition) is 5. The zero-order chi connectivity index (χ0) is 16.5. The summed E-state index contributed by atoms with van der Waals surface area (Å²) in [4.78, 5) is 33.7. The molecule has 0 atom stereocenters. The van der Waals surface area contributed by atoms with Crippen LogP contribution in [0.2, 0.25) is 0 Å². The van der Waals surface area contributed by atoms with Gasteiger partial charge in [0.25, 0.3) is 11.5 Å². The number of H-pyrrole nitrogens is 2. The zero-order valence-electron chi connectivity index (χ0n) is 12.2. The van der Waals surface area contributed by atoms with E-state index in [-0.39, 0.29) is 16.5 Å². The first-order valence-electron chi connectivity index (χ1n) is 7.05. The van der Waals surface area contributed by atoms with Crippen molar-refractivity contribution in [2.75, 3.05) is 5.32 Å². The molecule has 3 aromatic heterocycles. The normalized spacial score (nSPS) is 10.8. The number of benzene rings is 1. The van der Waals surface area contributed by atoms with Crippen molar-refractivity contribution < 1.29 is 4.79 Å². The lowest BCUT2D eigenvalue weighted by molar-refractivity contribution is 0.102. The van der Waals surface area contributed by atoms with Gasteiger partial charge >= 0.3 is 0 Å². The van der Waals surface area contributed by atoms with Crippen molar-refractivity contribution in [1.82, 2.24) is 29.9 Å². The Labute approximate surface area is 134 Å². The fraction of sp³-hybridized carbons (Fsp3) is 0. The molecular formula is C15H11N7O2. The molecule has 24 heavy (non-hydrogen) atoms. The molecule has 0 fully saturated rings. The fourth-order valence-corrected chi connectivity index (χ4v) is 2.42. The van der Waals surface area contributed by atoms with Crippen molar-refractivity contribution in [3.05, 3.63) is 65.1 Å². The SMILES string of the molecule is O=C(Nc1cccc(-n2ccnn2)c1)c1c[nH]c2nc[nH]c(=O)c12. The number of rotatable bonds is 3. The highest BCUT2D eigenvalue weighted by atomic mass is 16.2. The first-order valence-corrected chi connectivity index (χ1v) is 7.05. The van der Waals surface area contributed by atoms with Crippen LogP contribution in [-0.4, -0.2) is 35.9 Å². The van der Waals surface area contributed by atoms with Gasteiger partial charge in [-0.05, 0) is 18.2 Å². The Hall–Kier alpha value is -3.75. The van der Waals surface area contributed by atoms with Crippen LogP contribution in [0.4, 0.5) is 5.69 Å². The van der Waals surface area contributed by atoms with Crippen LogP contribution in [0.25, 0.3) is 16.7 Å². The van der Waals surface area contributed by atoms with E-state index in [1.165, 1.54) is 12.5 Å². The monoisotopic (exact) mass is 321 g/mol. The van der Waals surface area contributed by atoms with E-state index in [4.69, 9.17) is 0 Å². The van der Waals surface area contributed by atoms with E-state index in [1.807, 2.05) is 6.07 Å². The van der Waals surface area contributed by atoms with Crippen molar-refractivity contribution in [2.45, 2.75) is 0 Å². The van der Waals surface area contributed by atoms with E-state index >= 15 is 0 Å². The van der Waals surface area contributed by atoms with Gasteiger partial charge in [-0.25, -0.2) is 9.67 Å². The molecular weight excluding hydrogens is 310 g/mol. The first-order chi connectivity index (χ1) is 11.7. The summed E-state index contributed by atoms with van der Waals surface area (Å²) in [5.74, 6) is -0.407. The van der Waals surface area contributed by atoms with Gasteiger partial charge in [0, 0.05) is 11.9 Å². The summed E-state index contributed by atoms with van der Waals surface area (Å²) in [6.45, 7) is 0. The highest BCUT2D eigenvalue weighted by Crippen LogP contribution is 2.17. The highest BCUT2D eigenvalue weighted by Gasteiger charge is 2.15. The number of carbonyl (C=O) groups is 1. The molecule has 3 N–H and O–H groups in total. The summed E-state index contributed by atoms with van der Waals surface area (Å²) in [7, 11) is 0. The number of aromatic nitrogens is 6. The van der Waals surface area contributed by atoms with Gasteiger partial charge in [0.1, 0.15) is 5.65 Å². The number of nitrogens with zero attached hydrogens (tertiary/aromatic N) is 4. The summed E-state index contributed by atoms with van der Waals surface area (Å²) in [6, 6.07) is 7.13. The Bertz CT molecular complexity index is 1080. The van der Waals surface area contributed by atoms with Gasteiger partial charge in [0.05, 0.1) is 35.4 Å². The summed E-state index contributed by atoms with van der Waals surface area (Å²) in [6.07, 6.45) is 6.01. The van der Waals surface area contributed by atoms with Gasteiger partial charge in [0.2, 0.25) is 0 Å². The number of nitrogens with one attached hydrogen (secondary N) is 3. The van der Waals surface area contributed by atoms with E-state index in [1.54, 1.807) is 35.3 Å². The lowest BCUT2D eigenvalue weighted by Crippen LogP contribution is -2.15. The molecule has 4 aromatic rings. The third-order valence-corrected chi connectivity index (χ3v) is 3.51. The second-order valence-electron chi connectivity index (χ2n) is 5.01. The van der Waals surface area contributed by atoms with E-state index in [0.717, 1.165) is 5.69 Å². The summed E-state index contributed by atoms with van der Waals surface area (Å²) >= 11 is 0. The Morgan fingerprint density at radius 3 is 3.00 bits per heavy atom. The Kier molecular flexibility index (Phi) is 3.16. The van der Waals surface area contributed by atoms with Gasteiger partial charge < -0.3 is 15.3 Å². The molecule has 0 spiro atoms. The molecule has 0 radical (unpaired) electrons. The predicted molar refractivity (Wildman–Crippen MR) is 86.0 cm³/mol. The van der Waals surface area contributed by atoms with Crippen LogP contribution in [0.1, 0.15) is 10.4 Å². The Morgan fingerprint density at radius 2 is 2.17 bits per heavy atom. The molecule has 3 heterocycles. The molecule has 4 rings (SSSR count). The quantitative estimate of drug-likeness (QED) is 0.521. The largest absolute Gasteiger partial charge is 0.345 e. The van der Waals surface area contributed by atoms with Crippen LogP contribution < -0.4 is 10.9 Å². The van der Waals surface area contributed by atoms with Crippen molar-refractivity contribution in [3.63, 3.8) is 0 Å². The minimum atomic E-state index is -0.407. The molecule has 1 aromatic carbocycles. The van der Waals surface area contributed by atoms with Gasteiger partial charge in [-0.3, -0.25) is 9.59 Å². The minimum Gasteiger partial charge on any atom is -0.345 e. The van der Waals surface area contributed by atoms with Crippen LogP contribution in [0.15, 0.2) is 54.0 Å². The lowest BCUT2D eigenvalue weighted by atomic mass is 10.2. The second kappa shape index (κ2) is 5.47. The number of carbonyl (C=O) groups excluding carboxylic acids is 1. The lowest BCUT2D eigenvalue weighted by Gasteiger charge is -2.06. The van der Waals surface area contributed by atoms with Gasteiger partial charge in [-0.2, -0.15) is 0 Å². The molecule has 0 aliphatic carbocycles. The number of hydrogen-bond donors (Lipinski definition) is 3. The molecule has 0 aliphatic rings. The second-order valence-corrected chi connectivity index (χ2v) is 5.01.